The first-order valence-corrected chi connectivity index (χ1v) is 6.59. The van der Waals surface area contributed by atoms with Crippen LogP contribution < -0.4 is 9.47 Å². The molecule has 1 heterocycles. The van der Waals surface area contributed by atoms with Crippen molar-refractivity contribution in [2.45, 2.75) is 26.0 Å². The lowest BCUT2D eigenvalue weighted by molar-refractivity contribution is 0.151. The summed E-state index contributed by atoms with van der Waals surface area (Å²) in [5.74, 6) is 2.28. The van der Waals surface area contributed by atoms with Crippen molar-refractivity contribution in [3.63, 3.8) is 0 Å². The minimum absolute atomic E-state index is 0.450. The van der Waals surface area contributed by atoms with E-state index in [0.29, 0.717) is 18.0 Å². The first-order valence-electron chi connectivity index (χ1n) is 6.59. The second-order valence-corrected chi connectivity index (χ2v) is 4.47. The summed E-state index contributed by atoms with van der Waals surface area (Å²) >= 11 is 0. The van der Waals surface area contributed by atoms with Crippen LogP contribution in [-0.2, 0) is 13.0 Å². The second-order valence-electron chi connectivity index (χ2n) is 4.47. The van der Waals surface area contributed by atoms with E-state index < -0.39 is 6.10 Å². The number of benzene rings is 1. The number of nitrogens with zero attached hydrogens (tertiary/aromatic N) is 2. The lowest BCUT2D eigenvalue weighted by atomic mass is 10.1. The van der Waals surface area contributed by atoms with Gasteiger partial charge in [0.05, 0.1) is 20.8 Å². The molecule has 5 heteroatoms. The van der Waals surface area contributed by atoms with E-state index in [4.69, 9.17) is 9.47 Å². The van der Waals surface area contributed by atoms with Gasteiger partial charge in [-0.3, -0.25) is 0 Å². The van der Waals surface area contributed by atoms with E-state index in [9.17, 15) is 5.11 Å². The van der Waals surface area contributed by atoms with Crippen LogP contribution in [0.3, 0.4) is 0 Å². The van der Waals surface area contributed by atoms with Crippen molar-refractivity contribution in [3.8, 4) is 11.5 Å². The molecule has 0 fully saturated rings. The maximum Gasteiger partial charge on any atom is 0.128 e. The fraction of sp³-hybridized carbons (Fsp3) is 0.400. The van der Waals surface area contributed by atoms with Crippen molar-refractivity contribution in [2.24, 2.45) is 0 Å². The molecule has 0 saturated heterocycles. The first kappa shape index (κ1) is 14.4. The summed E-state index contributed by atoms with van der Waals surface area (Å²) < 4.78 is 12.4. The summed E-state index contributed by atoms with van der Waals surface area (Å²) in [4.78, 5) is 4.25. The molecule has 2 rings (SSSR count). The van der Waals surface area contributed by atoms with E-state index in [2.05, 4.69) is 4.98 Å². The Labute approximate surface area is 118 Å². The van der Waals surface area contributed by atoms with Crippen LogP contribution in [0.15, 0.2) is 30.6 Å². The fourth-order valence-electron chi connectivity index (χ4n) is 2.20. The Morgan fingerprint density at radius 1 is 1.30 bits per heavy atom. The zero-order valence-corrected chi connectivity index (χ0v) is 12.0. The molecule has 0 bridgehead atoms. The third-order valence-electron chi connectivity index (χ3n) is 3.29. The molecule has 1 atom stereocenters. The molecule has 0 aliphatic heterocycles. The monoisotopic (exact) mass is 276 g/mol. The molecule has 20 heavy (non-hydrogen) atoms. The van der Waals surface area contributed by atoms with Gasteiger partial charge >= 0.3 is 0 Å². The molecule has 1 unspecified atom stereocenters. The van der Waals surface area contributed by atoms with Gasteiger partial charge < -0.3 is 19.1 Å². The second kappa shape index (κ2) is 6.43. The number of imidazole rings is 1. The van der Waals surface area contributed by atoms with Gasteiger partial charge in [0.2, 0.25) is 0 Å². The van der Waals surface area contributed by atoms with Crippen molar-refractivity contribution in [3.05, 3.63) is 42.0 Å². The average molecular weight is 276 g/mol. The van der Waals surface area contributed by atoms with Gasteiger partial charge in [-0.1, -0.05) is 6.92 Å². The van der Waals surface area contributed by atoms with E-state index in [0.717, 1.165) is 17.8 Å². The number of ether oxygens (including phenoxy) is 2. The van der Waals surface area contributed by atoms with E-state index >= 15 is 0 Å². The molecule has 1 aromatic heterocycles. The lowest BCUT2D eigenvalue weighted by Gasteiger charge is -2.17. The molecule has 1 N–H and O–H groups in total. The van der Waals surface area contributed by atoms with Gasteiger partial charge in [-0.15, -0.1) is 0 Å². The molecular weight excluding hydrogens is 256 g/mol. The van der Waals surface area contributed by atoms with Crippen LogP contribution in [0, 0.1) is 0 Å². The molecular formula is C15H20N2O3. The van der Waals surface area contributed by atoms with Crippen LogP contribution in [0.4, 0.5) is 0 Å². The topological polar surface area (TPSA) is 56.5 Å². The number of methoxy groups -OCH3 is 2. The normalized spacial score (nSPS) is 12.2. The van der Waals surface area contributed by atoms with Gasteiger partial charge in [0.1, 0.15) is 23.4 Å². The molecule has 0 radical (unpaired) electrons. The maximum atomic E-state index is 10.4. The number of aliphatic hydroxyl groups is 1. The third-order valence-corrected chi connectivity index (χ3v) is 3.29. The van der Waals surface area contributed by atoms with Gasteiger partial charge in [-0.05, 0) is 12.1 Å². The standard InChI is InChI=1S/C15H20N2O3/c1-4-15-16-7-8-17(15)10-13(18)12-6-5-11(19-2)9-14(12)20-3/h5-9,13,18H,4,10H2,1-3H3. The minimum Gasteiger partial charge on any atom is -0.497 e. The van der Waals surface area contributed by atoms with Gasteiger partial charge in [-0.2, -0.15) is 0 Å². The highest BCUT2D eigenvalue weighted by Gasteiger charge is 2.16. The number of rotatable bonds is 6. The van der Waals surface area contributed by atoms with Crippen molar-refractivity contribution in [1.29, 1.82) is 0 Å². The minimum atomic E-state index is -0.657. The molecule has 0 saturated carbocycles. The van der Waals surface area contributed by atoms with Crippen LogP contribution in [0.5, 0.6) is 11.5 Å². The molecule has 2 aromatic rings. The molecule has 0 aliphatic carbocycles. The third kappa shape index (κ3) is 2.93. The molecule has 1 aromatic carbocycles. The van der Waals surface area contributed by atoms with Gasteiger partial charge in [-0.25, -0.2) is 4.98 Å². The predicted octanol–water partition coefficient (Wildman–Crippen LogP) is 2.20. The Hall–Kier alpha value is -2.01. The van der Waals surface area contributed by atoms with Gasteiger partial charge in [0.15, 0.2) is 0 Å². The molecule has 108 valence electrons. The van der Waals surface area contributed by atoms with Gasteiger partial charge in [0, 0.05) is 30.4 Å². The summed E-state index contributed by atoms with van der Waals surface area (Å²) in [7, 11) is 3.18. The number of aromatic nitrogens is 2. The Balaban J connectivity index is 2.22. The Morgan fingerprint density at radius 2 is 2.10 bits per heavy atom. The summed E-state index contributed by atoms with van der Waals surface area (Å²) in [6.45, 7) is 2.49. The summed E-state index contributed by atoms with van der Waals surface area (Å²) in [5.41, 5.74) is 0.740. The van der Waals surface area contributed by atoms with Crippen molar-refractivity contribution in [1.82, 2.24) is 9.55 Å². The highest BCUT2D eigenvalue weighted by molar-refractivity contribution is 5.41. The van der Waals surface area contributed by atoms with Crippen molar-refractivity contribution in [2.75, 3.05) is 14.2 Å². The number of aliphatic hydroxyl groups excluding tert-OH is 1. The Kier molecular flexibility index (Phi) is 4.63. The van der Waals surface area contributed by atoms with Crippen molar-refractivity contribution < 1.29 is 14.6 Å². The molecule has 0 spiro atoms. The quantitative estimate of drug-likeness (QED) is 0.878. The average Bonchev–Trinajstić information content (AvgIpc) is 2.93. The summed E-state index contributed by atoms with van der Waals surface area (Å²) in [6.07, 6.45) is 3.80. The molecule has 5 nitrogen and oxygen atoms in total. The zero-order valence-electron chi connectivity index (χ0n) is 12.0. The summed E-state index contributed by atoms with van der Waals surface area (Å²) in [6, 6.07) is 5.41. The summed E-state index contributed by atoms with van der Waals surface area (Å²) in [5, 5.41) is 10.4. The number of hydrogen-bond acceptors (Lipinski definition) is 4. The van der Waals surface area contributed by atoms with Crippen LogP contribution in [0.25, 0.3) is 0 Å². The van der Waals surface area contributed by atoms with E-state index in [1.165, 1.54) is 0 Å². The van der Waals surface area contributed by atoms with Crippen molar-refractivity contribution >= 4 is 0 Å². The Morgan fingerprint density at radius 3 is 2.75 bits per heavy atom. The largest absolute Gasteiger partial charge is 0.497 e. The van der Waals surface area contributed by atoms with E-state index in [1.807, 2.05) is 29.8 Å². The van der Waals surface area contributed by atoms with E-state index in [-0.39, 0.29) is 0 Å². The molecule has 0 aliphatic rings. The maximum absolute atomic E-state index is 10.4. The van der Waals surface area contributed by atoms with E-state index in [1.54, 1.807) is 26.5 Å². The lowest BCUT2D eigenvalue weighted by Crippen LogP contribution is -2.11. The zero-order chi connectivity index (χ0) is 14.5. The SMILES string of the molecule is CCc1nccn1CC(O)c1ccc(OC)cc1OC. The van der Waals surface area contributed by atoms with Crippen LogP contribution >= 0.6 is 0 Å². The molecule has 0 amide bonds. The first-order chi connectivity index (χ1) is 9.69. The predicted molar refractivity (Wildman–Crippen MR) is 76.1 cm³/mol. The van der Waals surface area contributed by atoms with Crippen LogP contribution in [0.1, 0.15) is 24.4 Å². The van der Waals surface area contributed by atoms with Crippen LogP contribution in [-0.4, -0.2) is 28.9 Å². The van der Waals surface area contributed by atoms with Crippen LogP contribution in [0.2, 0.25) is 0 Å². The smallest absolute Gasteiger partial charge is 0.128 e. The number of hydrogen-bond donors (Lipinski definition) is 1. The fourth-order valence-corrected chi connectivity index (χ4v) is 2.20. The highest BCUT2D eigenvalue weighted by Crippen LogP contribution is 2.30. The Bertz CT molecular complexity index is 566. The highest BCUT2D eigenvalue weighted by atomic mass is 16.5. The van der Waals surface area contributed by atoms with Gasteiger partial charge in [0.25, 0.3) is 0 Å². The number of aryl methyl sites for hydroxylation is 1.